The van der Waals surface area contributed by atoms with E-state index in [1.54, 1.807) is 4.90 Å². The number of urea groups is 1. The normalized spacial score (nSPS) is 25.2. The summed E-state index contributed by atoms with van der Waals surface area (Å²) in [6.07, 6.45) is -0.835. The van der Waals surface area contributed by atoms with E-state index < -0.39 is 17.9 Å². The quantitative estimate of drug-likeness (QED) is 0.830. The minimum absolute atomic E-state index is 0.259. The highest BCUT2D eigenvalue weighted by atomic mass is 19.4. The van der Waals surface area contributed by atoms with Crippen LogP contribution in [0.5, 0.6) is 0 Å². The van der Waals surface area contributed by atoms with Gasteiger partial charge in [0.2, 0.25) is 0 Å². The number of anilines is 1. The first-order valence-electron chi connectivity index (χ1n) is 7.22. The van der Waals surface area contributed by atoms with Gasteiger partial charge in [0.05, 0.1) is 11.2 Å². The molecule has 0 aliphatic carbocycles. The first kappa shape index (κ1) is 15.1. The zero-order valence-electron chi connectivity index (χ0n) is 12.2. The van der Waals surface area contributed by atoms with E-state index in [2.05, 4.69) is 15.7 Å². The molecule has 2 amide bonds. The second-order valence-electron chi connectivity index (χ2n) is 5.90. The lowest BCUT2D eigenvalue weighted by molar-refractivity contribution is -0.140. The van der Waals surface area contributed by atoms with Gasteiger partial charge < -0.3 is 15.5 Å². The zero-order valence-corrected chi connectivity index (χ0v) is 12.2. The lowest BCUT2D eigenvalue weighted by Gasteiger charge is -2.34. The minimum atomic E-state index is -4.60. The molecule has 1 atom stereocenters. The molecule has 1 aromatic rings. The maximum atomic E-state index is 12.9. The molecule has 2 aliphatic rings. The topological polar surface area (TPSA) is 62.2 Å². The lowest BCUT2D eigenvalue weighted by atomic mass is 9.95. The summed E-state index contributed by atoms with van der Waals surface area (Å²) in [7, 11) is 1.39. The fraction of sp³-hybridized carbons (Fsp3) is 0.692. The lowest BCUT2D eigenvalue weighted by Crippen LogP contribution is -2.50. The number of likely N-dealkylation sites (tertiary alicyclic amines) is 1. The van der Waals surface area contributed by atoms with Gasteiger partial charge in [-0.3, -0.25) is 4.68 Å². The molecule has 2 aliphatic heterocycles. The van der Waals surface area contributed by atoms with Gasteiger partial charge in [0, 0.05) is 26.3 Å². The molecule has 0 radical (unpaired) electrons. The average Bonchev–Trinajstić information content (AvgIpc) is 3.11. The maximum Gasteiger partial charge on any atom is 0.437 e. The standard InChI is InChI=1S/C13H18F3N5O/c1-20-7-9(10(19-20)13(14,15)16)18-11(22)21-6-2-3-12(21)4-5-17-8-12/h7,17H,2-6,8H2,1H3,(H,18,22). The van der Waals surface area contributed by atoms with E-state index in [9.17, 15) is 18.0 Å². The Hall–Kier alpha value is -1.77. The molecule has 1 spiro atoms. The van der Waals surface area contributed by atoms with Crippen LogP contribution in [0.15, 0.2) is 6.20 Å². The predicted octanol–water partition coefficient (Wildman–Crippen LogP) is 1.80. The summed E-state index contributed by atoms with van der Waals surface area (Å²) in [5, 5.41) is 9.01. The molecule has 0 aromatic carbocycles. The van der Waals surface area contributed by atoms with Gasteiger partial charge in [-0.05, 0) is 25.8 Å². The summed E-state index contributed by atoms with van der Waals surface area (Å²) in [6.45, 7) is 2.08. The third kappa shape index (κ3) is 2.53. The van der Waals surface area contributed by atoms with Crippen LogP contribution in [-0.4, -0.2) is 45.9 Å². The number of nitrogens with zero attached hydrogens (tertiary/aromatic N) is 3. The van der Waals surface area contributed by atoms with Crippen LogP contribution >= 0.6 is 0 Å². The van der Waals surface area contributed by atoms with E-state index in [1.165, 1.54) is 13.2 Å². The Bertz CT molecular complexity index is 571. The summed E-state index contributed by atoms with van der Waals surface area (Å²) in [4.78, 5) is 14.1. The molecule has 9 heteroatoms. The van der Waals surface area contributed by atoms with Crippen molar-refractivity contribution in [2.24, 2.45) is 7.05 Å². The Morgan fingerprint density at radius 1 is 1.45 bits per heavy atom. The van der Waals surface area contributed by atoms with Crippen molar-refractivity contribution in [2.45, 2.75) is 31.0 Å². The van der Waals surface area contributed by atoms with Crippen molar-refractivity contribution in [1.29, 1.82) is 0 Å². The smallest absolute Gasteiger partial charge is 0.318 e. The third-order valence-corrected chi connectivity index (χ3v) is 4.40. The summed E-state index contributed by atoms with van der Waals surface area (Å²) in [5.74, 6) is 0. The van der Waals surface area contributed by atoms with Crippen molar-refractivity contribution in [1.82, 2.24) is 20.0 Å². The minimum Gasteiger partial charge on any atom is -0.318 e. The molecule has 1 unspecified atom stereocenters. The number of alkyl halides is 3. The fourth-order valence-electron chi connectivity index (χ4n) is 3.40. The van der Waals surface area contributed by atoms with Gasteiger partial charge in [0.15, 0.2) is 5.69 Å². The largest absolute Gasteiger partial charge is 0.437 e. The molecule has 2 N–H and O–H groups in total. The summed E-state index contributed by atoms with van der Waals surface area (Å²) in [6, 6.07) is -0.486. The average molecular weight is 317 g/mol. The summed E-state index contributed by atoms with van der Waals surface area (Å²) < 4.78 is 39.8. The van der Waals surface area contributed by atoms with Gasteiger partial charge in [-0.1, -0.05) is 0 Å². The monoisotopic (exact) mass is 317 g/mol. The third-order valence-electron chi connectivity index (χ3n) is 4.40. The Kier molecular flexibility index (Phi) is 3.54. The highest BCUT2D eigenvalue weighted by Crippen LogP contribution is 2.37. The van der Waals surface area contributed by atoms with E-state index in [4.69, 9.17) is 0 Å². The number of nitrogens with one attached hydrogen (secondary N) is 2. The van der Waals surface area contributed by atoms with Crippen LogP contribution in [0, 0.1) is 0 Å². The molecular formula is C13H18F3N5O. The number of amides is 2. The van der Waals surface area contributed by atoms with E-state index in [-0.39, 0.29) is 11.2 Å². The van der Waals surface area contributed by atoms with Crippen molar-refractivity contribution in [3.8, 4) is 0 Å². The number of aromatic nitrogens is 2. The van der Waals surface area contributed by atoms with E-state index in [1.807, 2.05) is 0 Å². The predicted molar refractivity (Wildman–Crippen MR) is 73.4 cm³/mol. The molecule has 3 heterocycles. The highest BCUT2D eigenvalue weighted by Gasteiger charge is 2.46. The van der Waals surface area contributed by atoms with Crippen molar-refractivity contribution in [3.05, 3.63) is 11.9 Å². The van der Waals surface area contributed by atoms with E-state index in [0.29, 0.717) is 13.1 Å². The Morgan fingerprint density at radius 2 is 2.23 bits per heavy atom. The summed E-state index contributed by atoms with van der Waals surface area (Å²) >= 11 is 0. The van der Waals surface area contributed by atoms with Gasteiger partial charge in [-0.25, -0.2) is 4.79 Å². The number of hydrogen-bond donors (Lipinski definition) is 2. The van der Waals surface area contributed by atoms with Crippen LogP contribution < -0.4 is 10.6 Å². The first-order chi connectivity index (χ1) is 10.3. The molecule has 2 saturated heterocycles. The van der Waals surface area contributed by atoms with Gasteiger partial charge in [0.25, 0.3) is 0 Å². The number of halogens is 3. The van der Waals surface area contributed by atoms with Gasteiger partial charge in [0.1, 0.15) is 0 Å². The summed E-state index contributed by atoms with van der Waals surface area (Å²) in [5.41, 5.74) is -1.63. The molecule has 0 bridgehead atoms. The van der Waals surface area contributed by atoms with Gasteiger partial charge in [-0.15, -0.1) is 0 Å². The second-order valence-corrected chi connectivity index (χ2v) is 5.90. The van der Waals surface area contributed by atoms with E-state index >= 15 is 0 Å². The van der Waals surface area contributed by atoms with Crippen LogP contribution in [0.4, 0.5) is 23.7 Å². The van der Waals surface area contributed by atoms with Crippen LogP contribution in [0.2, 0.25) is 0 Å². The van der Waals surface area contributed by atoms with Crippen molar-refractivity contribution in [3.63, 3.8) is 0 Å². The van der Waals surface area contributed by atoms with Crippen LogP contribution in [0.3, 0.4) is 0 Å². The zero-order chi connectivity index (χ0) is 16.0. The van der Waals surface area contributed by atoms with Crippen molar-refractivity contribution >= 4 is 11.7 Å². The van der Waals surface area contributed by atoms with Gasteiger partial charge in [-0.2, -0.15) is 18.3 Å². The first-order valence-corrected chi connectivity index (χ1v) is 7.22. The molecule has 122 valence electrons. The maximum absolute atomic E-state index is 12.9. The fourth-order valence-corrected chi connectivity index (χ4v) is 3.40. The Balaban J connectivity index is 1.80. The highest BCUT2D eigenvalue weighted by molar-refractivity contribution is 5.90. The number of hydrogen-bond acceptors (Lipinski definition) is 3. The van der Waals surface area contributed by atoms with Crippen molar-refractivity contribution < 1.29 is 18.0 Å². The number of carbonyl (C=O) groups excluding carboxylic acids is 1. The van der Waals surface area contributed by atoms with Gasteiger partial charge >= 0.3 is 12.2 Å². The Labute approximate surface area is 125 Å². The molecule has 3 rings (SSSR count). The molecule has 6 nitrogen and oxygen atoms in total. The van der Waals surface area contributed by atoms with E-state index in [0.717, 1.165) is 30.5 Å². The van der Waals surface area contributed by atoms with Crippen LogP contribution in [-0.2, 0) is 13.2 Å². The molecule has 2 fully saturated rings. The van der Waals surface area contributed by atoms with Crippen LogP contribution in [0.25, 0.3) is 0 Å². The SMILES string of the molecule is Cn1cc(NC(=O)N2CCCC23CCNC3)c(C(F)(F)F)n1. The number of rotatable bonds is 1. The molecule has 1 aromatic heterocycles. The molecule has 22 heavy (non-hydrogen) atoms. The second kappa shape index (κ2) is 5.15. The number of aryl methyl sites for hydroxylation is 1. The van der Waals surface area contributed by atoms with Crippen molar-refractivity contribution in [2.75, 3.05) is 25.0 Å². The number of carbonyl (C=O) groups is 1. The molecule has 0 saturated carbocycles. The van der Waals surface area contributed by atoms with Crippen LogP contribution in [0.1, 0.15) is 25.0 Å². The Morgan fingerprint density at radius 3 is 2.86 bits per heavy atom. The molecular weight excluding hydrogens is 299 g/mol.